The lowest BCUT2D eigenvalue weighted by Gasteiger charge is -2.17. The topological polar surface area (TPSA) is 88.1 Å². The van der Waals surface area contributed by atoms with Gasteiger partial charge in [-0.05, 0) is 24.1 Å². The molecule has 0 saturated carbocycles. The summed E-state index contributed by atoms with van der Waals surface area (Å²) in [6.07, 6.45) is 1.32. The van der Waals surface area contributed by atoms with Gasteiger partial charge in [0.05, 0.1) is 12.5 Å². The van der Waals surface area contributed by atoms with E-state index >= 15 is 0 Å². The number of likely N-dealkylation sites (tertiary alicyclic amines) is 1. The van der Waals surface area contributed by atoms with E-state index in [9.17, 15) is 9.59 Å². The third kappa shape index (κ3) is 5.42. The third-order valence-electron chi connectivity index (χ3n) is 3.93. The van der Waals surface area contributed by atoms with Gasteiger partial charge in [-0.1, -0.05) is 12.1 Å². The number of methoxy groups -OCH3 is 1. The largest absolute Gasteiger partial charge is 0.493 e. The average molecular weight is 336 g/mol. The molecule has 0 bridgehead atoms. The van der Waals surface area contributed by atoms with Crippen LogP contribution in [0.3, 0.4) is 0 Å². The standard InChI is InChI=1S/C17H24N2O5/c1-23-8-3-9-24-15-5-2-4-13(10-15)11-18-17(22)19-7-6-14(12-19)16(20)21/h2,4-5,10,14H,3,6-9,11-12H2,1H3,(H,18,22)(H,20,21). The zero-order valence-corrected chi connectivity index (χ0v) is 13.9. The van der Waals surface area contributed by atoms with Crippen LogP contribution in [0.1, 0.15) is 18.4 Å². The molecule has 1 aromatic rings. The molecule has 1 heterocycles. The van der Waals surface area contributed by atoms with E-state index in [0.717, 1.165) is 17.7 Å². The van der Waals surface area contributed by atoms with Crippen LogP contribution < -0.4 is 10.1 Å². The molecule has 1 saturated heterocycles. The third-order valence-corrected chi connectivity index (χ3v) is 3.93. The van der Waals surface area contributed by atoms with Gasteiger partial charge in [-0.25, -0.2) is 4.79 Å². The number of carbonyl (C=O) groups excluding carboxylic acids is 1. The quantitative estimate of drug-likeness (QED) is 0.706. The van der Waals surface area contributed by atoms with Crippen molar-refractivity contribution in [2.75, 3.05) is 33.4 Å². The van der Waals surface area contributed by atoms with Crippen molar-refractivity contribution in [3.8, 4) is 5.75 Å². The van der Waals surface area contributed by atoms with Crippen molar-refractivity contribution in [1.29, 1.82) is 0 Å². The maximum Gasteiger partial charge on any atom is 0.317 e. The van der Waals surface area contributed by atoms with Crippen molar-refractivity contribution in [2.45, 2.75) is 19.4 Å². The lowest BCUT2D eigenvalue weighted by molar-refractivity contribution is -0.141. The highest BCUT2D eigenvalue weighted by molar-refractivity contribution is 5.77. The van der Waals surface area contributed by atoms with E-state index in [-0.39, 0.29) is 12.6 Å². The Kier molecular flexibility index (Phi) is 6.87. The smallest absolute Gasteiger partial charge is 0.317 e. The first kappa shape index (κ1) is 18.1. The summed E-state index contributed by atoms with van der Waals surface area (Å²) in [6.45, 7) is 2.36. The Bertz CT molecular complexity index is 564. The van der Waals surface area contributed by atoms with Gasteiger partial charge in [0.25, 0.3) is 0 Å². The predicted octanol–water partition coefficient (Wildman–Crippen LogP) is 1.72. The molecule has 2 amide bonds. The Balaban J connectivity index is 1.77. The second kappa shape index (κ2) is 9.12. The highest BCUT2D eigenvalue weighted by Gasteiger charge is 2.30. The SMILES string of the molecule is COCCCOc1cccc(CNC(=O)N2CCC(C(=O)O)C2)c1. The second-order valence-electron chi connectivity index (χ2n) is 5.77. The Morgan fingerprint density at radius 2 is 2.21 bits per heavy atom. The van der Waals surface area contributed by atoms with Crippen LogP contribution in [0, 0.1) is 5.92 Å². The Morgan fingerprint density at radius 1 is 1.38 bits per heavy atom. The summed E-state index contributed by atoms with van der Waals surface area (Å²) in [4.78, 5) is 24.6. The van der Waals surface area contributed by atoms with Gasteiger partial charge >= 0.3 is 12.0 Å². The molecule has 0 aliphatic carbocycles. The van der Waals surface area contributed by atoms with Gasteiger partial charge in [-0.3, -0.25) is 4.79 Å². The summed E-state index contributed by atoms with van der Waals surface area (Å²) < 4.78 is 10.6. The predicted molar refractivity (Wildman–Crippen MR) is 88.0 cm³/mol. The highest BCUT2D eigenvalue weighted by atomic mass is 16.5. The van der Waals surface area contributed by atoms with Crippen molar-refractivity contribution in [3.05, 3.63) is 29.8 Å². The number of nitrogens with one attached hydrogen (secondary N) is 1. The van der Waals surface area contributed by atoms with Crippen LogP contribution in [0.2, 0.25) is 0 Å². The molecule has 7 nitrogen and oxygen atoms in total. The Labute approximate surface area is 141 Å². The Morgan fingerprint density at radius 3 is 2.92 bits per heavy atom. The molecule has 2 rings (SSSR count). The van der Waals surface area contributed by atoms with Crippen LogP contribution in [-0.4, -0.2) is 55.4 Å². The van der Waals surface area contributed by atoms with Gasteiger partial charge in [-0.2, -0.15) is 0 Å². The minimum Gasteiger partial charge on any atom is -0.493 e. The second-order valence-corrected chi connectivity index (χ2v) is 5.77. The molecule has 1 aliphatic heterocycles. The van der Waals surface area contributed by atoms with E-state index in [4.69, 9.17) is 14.6 Å². The number of hydrogen-bond acceptors (Lipinski definition) is 4. The summed E-state index contributed by atoms with van der Waals surface area (Å²) in [6, 6.07) is 7.31. The fourth-order valence-electron chi connectivity index (χ4n) is 2.57. The number of carboxylic acid groups (broad SMARTS) is 1. The van der Waals surface area contributed by atoms with Crippen molar-refractivity contribution in [2.24, 2.45) is 5.92 Å². The molecule has 0 spiro atoms. The fourth-order valence-corrected chi connectivity index (χ4v) is 2.57. The number of rotatable bonds is 8. The number of carboxylic acids is 1. The summed E-state index contributed by atoms with van der Waals surface area (Å²) in [5.41, 5.74) is 0.932. The molecule has 1 unspecified atom stereocenters. The van der Waals surface area contributed by atoms with Crippen molar-refractivity contribution >= 4 is 12.0 Å². The van der Waals surface area contributed by atoms with Crippen molar-refractivity contribution in [1.82, 2.24) is 10.2 Å². The summed E-state index contributed by atoms with van der Waals surface area (Å²) in [7, 11) is 1.66. The number of amides is 2. The summed E-state index contributed by atoms with van der Waals surface area (Å²) in [5, 5.41) is 11.8. The maximum absolute atomic E-state index is 12.1. The lowest BCUT2D eigenvalue weighted by atomic mass is 10.1. The number of urea groups is 1. The van der Waals surface area contributed by atoms with Gasteiger partial charge in [0.1, 0.15) is 5.75 Å². The fraction of sp³-hybridized carbons (Fsp3) is 0.529. The number of hydrogen-bond donors (Lipinski definition) is 2. The first-order valence-electron chi connectivity index (χ1n) is 8.06. The number of benzene rings is 1. The van der Waals surface area contributed by atoms with E-state index < -0.39 is 11.9 Å². The molecule has 132 valence electrons. The first-order chi connectivity index (χ1) is 11.6. The van der Waals surface area contributed by atoms with E-state index in [1.54, 1.807) is 12.0 Å². The van der Waals surface area contributed by atoms with Crippen LogP contribution >= 0.6 is 0 Å². The minimum absolute atomic E-state index is 0.231. The van der Waals surface area contributed by atoms with Crippen molar-refractivity contribution in [3.63, 3.8) is 0 Å². The van der Waals surface area contributed by atoms with Gasteiger partial charge in [0.15, 0.2) is 0 Å². The normalized spacial score (nSPS) is 16.9. The molecule has 2 N–H and O–H groups in total. The molecular weight excluding hydrogens is 312 g/mol. The summed E-state index contributed by atoms with van der Waals surface area (Å²) >= 11 is 0. The molecule has 1 aliphatic rings. The van der Waals surface area contributed by atoms with Gasteiger partial charge in [0.2, 0.25) is 0 Å². The molecule has 1 atom stereocenters. The zero-order valence-electron chi connectivity index (χ0n) is 13.9. The van der Waals surface area contributed by atoms with E-state index in [0.29, 0.717) is 32.7 Å². The lowest BCUT2D eigenvalue weighted by Crippen LogP contribution is -2.38. The van der Waals surface area contributed by atoms with Gasteiger partial charge < -0.3 is 24.8 Å². The number of aliphatic carboxylic acids is 1. The van der Waals surface area contributed by atoms with Crippen LogP contribution in [-0.2, 0) is 16.1 Å². The van der Waals surface area contributed by atoms with Gasteiger partial charge in [-0.15, -0.1) is 0 Å². The van der Waals surface area contributed by atoms with E-state index in [2.05, 4.69) is 5.32 Å². The number of nitrogens with zero attached hydrogens (tertiary/aromatic N) is 1. The molecular formula is C17H24N2O5. The minimum atomic E-state index is -0.844. The molecule has 0 radical (unpaired) electrons. The van der Waals surface area contributed by atoms with E-state index in [1.807, 2.05) is 24.3 Å². The van der Waals surface area contributed by atoms with Crippen LogP contribution in [0.4, 0.5) is 4.79 Å². The molecule has 1 aromatic carbocycles. The molecule has 24 heavy (non-hydrogen) atoms. The van der Waals surface area contributed by atoms with Crippen LogP contribution in [0.25, 0.3) is 0 Å². The first-order valence-corrected chi connectivity index (χ1v) is 8.06. The molecule has 7 heteroatoms. The average Bonchev–Trinajstić information content (AvgIpc) is 3.07. The zero-order chi connectivity index (χ0) is 17.4. The number of ether oxygens (including phenoxy) is 2. The molecule has 0 aromatic heterocycles. The summed E-state index contributed by atoms with van der Waals surface area (Å²) in [5.74, 6) is -0.548. The van der Waals surface area contributed by atoms with Gasteiger partial charge in [0, 0.05) is 39.8 Å². The maximum atomic E-state index is 12.1. The van der Waals surface area contributed by atoms with Crippen LogP contribution in [0.15, 0.2) is 24.3 Å². The van der Waals surface area contributed by atoms with E-state index in [1.165, 1.54) is 0 Å². The highest BCUT2D eigenvalue weighted by Crippen LogP contribution is 2.17. The number of carbonyl (C=O) groups is 2. The van der Waals surface area contributed by atoms with Crippen LogP contribution in [0.5, 0.6) is 5.75 Å². The van der Waals surface area contributed by atoms with Crippen molar-refractivity contribution < 1.29 is 24.2 Å². The Hall–Kier alpha value is -2.28. The monoisotopic (exact) mass is 336 g/mol. The molecule has 1 fully saturated rings.